The second kappa shape index (κ2) is 15.4. The largest absolute Gasteiger partial charge is 0.311 e. The van der Waals surface area contributed by atoms with Crippen molar-refractivity contribution < 1.29 is 0 Å². The summed E-state index contributed by atoms with van der Waals surface area (Å²) in [5.74, 6) is 0. The summed E-state index contributed by atoms with van der Waals surface area (Å²) in [4.78, 5) is 5.24. The van der Waals surface area contributed by atoms with Gasteiger partial charge in [-0.1, -0.05) is 230 Å². The van der Waals surface area contributed by atoms with E-state index in [0.29, 0.717) is 0 Å². The molecule has 0 bridgehead atoms. The molecule has 0 unspecified atom stereocenters. The van der Waals surface area contributed by atoms with Crippen LogP contribution in [-0.4, -0.2) is 6.71 Å². The fraction of sp³-hybridized carbons (Fsp3) is 0.132. The van der Waals surface area contributed by atoms with Gasteiger partial charge in [0.2, 0.25) is 0 Å². The SMILES string of the molecule is CC(C)(C)c1ccc2c(c1)N(c1ccc3c(c1)-c1ccccc1C31c3ccccc3-c3ccccc31)c1cccc3c1B2c1ccc(C(C)(C)C)cc1N3c1ccc2c(c1)-c1ccccc1C21c2ccccc2-c2ccccc21. The van der Waals surface area contributed by atoms with Crippen LogP contribution in [0.15, 0.2) is 237 Å². The van der Waals surface area contributed by atoms with Crippen LogP contribution in [-0.2, 0) is 21.7 Å². The smallest absolute Gasteiger partial charge is 0.252 e. The highest BCUT2D eigenvalue weighted by atomic mass is 15.2. The molecule has 0 atom stereocenters. The van der Waals surface area contributed by atoms with Gasteiger partial charge in [-0.15, -0.1) is 0 Å². The Hall–Kier alpha value is -8.92. The Kier molecular flexibility index (Phi) is 8.81. The first-order valence-corrected chi connectivity index (χ1v) is 28.4. The van der Waals surface area contributed by atoms with Crippen molar-refractivity contribution in [1.29, 1.82) is 0 Å². The average molecular weight is 1010 g/mol. The molecule has 6 aliphatic rings. The molecule has 0 radical (unpaired) electrons. The van der Waals surface area contributed by atoms with Gasteiger partial charge in [-0.25, -0.2) is 0 Å². The van der Waals surface area contributed by atoms with E-state index in [-0.39, 0.29) is 17.5 Å². The van der Waals surface area contributed by atoms with Crippen molar-refractivity contribution in [2.45, 2.75) is 63.2 Å². The van der Waals surface area contributed by atoms with E-state index in [2.05, 4.69) is 288 Å². The van der Waals surface area contributed by atoms with Crippen LogP contribution in [0.4, 0.5) is 34.1 Å². The maximum absolute atomic E-state index is 2.62. The highest BCUT2D eigenvalue weighted by Gasteiger charge is 2.54. The fourth-order valence-corrected chi connectivity index (χ4v) is 15.9. The van der Waals surface area contributed by atoms with Crippen molar-refractivity contribution in [3.8, 4) is 44.5 Å². The lowest BCUT2D eigenvalue weighted by Gasteiger charge is -2.45. The van der Waals surface area contributed by atoms with Gasteiger partial charge in [-0.3, -0.25) is 0 Å². The van der Waals surface area contributed by atoms with Gasteiger partial charge in [0.25, 0.3) is 6.71 Å². The number of fused-ring (bicyclic) bond motifs is 24. The van der Waals surface area contributed by atoms with Crippen LogP contribution in [0.2, 0.25) is 0 Å². The number of hydrogen-bond donors (Lipinski definition) is 0. The Labute approximate surface area is 464 Å². The van der Waals surface area contributed by atoms with Crippen molar-refractivity contribution in [2.75, 3.05) is 9.80 Å². The van der Waals surface area contributed by atoms with E-state index >= 15 is 0 Å². The van der Waals surface area contributed by atoms with E-state index in [1.54, 1.807) is 0 Å². The zero-order valence-corrected chi connectivity index (χ0v) is 45.5. The molecule has 0 N–H and O–H groups in total. The molecule has 3 heteroatoms. The highest BCUT2D eigenvalue weighted by Crippen LogP contribution is 2.65. The molecule has 17 rings (SSSR count). The van der Waals surface area contributed by atoms with Crippen LogP contribution in [0.3, 0.4) is 0 Å². The second-order valence-electron chi connectivity index (χ2n) is 25.1. The Morgan fingerprint density at radius 1 is 0.278 bits per heavy atom. The topological polar surface area (TPSA) is 6.48 Å². The minimum absolute atomic E-state index is 0.00145. The summed E-state index contributed by atoms with van der Waals surface area (Å²) in [7, 11) is 0. The first kappa shape index (κ1) is 45.1. The third-order valence-electron chi connectivity index (χ3n) is 19.2. The Morgan fingerprint density at radius 2 is 0.582 bits per heavy atom. The Balaban J connectivity index is 0.908. The molecular weight excluding hydrogens is 952 g/mol. The number of hydrogen-bond acceptors (Lipinski definition) is 2. The van der Waals surface area contributed by atoms with Crippen molar-refractivity contribution in [1.82, 2.24) is 0 Å². The van der Waals surface area contributed by atoms with Crippen LogP contribution in [0.25, 0.3) is 44.5 Å². The van der Waals surface area contributed by atoms with Gasteiger partial charge < -0.3 is 9.80 Å². The minimum atomic E-state index is -0.412. The first-order chi connectivity index (χ1) is 38.5. The van der Waals surface area contributed by atoms with E-state index in [4.69, 9.17) is 0 Å². The number of anilines is 6. The monoisotopic (exact) mass is 1010 g/mol. The van der Waals surface area contributed by atoms with Crippen LogP contribution in [0.1, 0.15) is 97.2 Å². The third-order valence-corrected chi connectivity index (χ3v) is 19.2. The lowest BCUT2D eigenvalue weighted by molar-refractivity contribution is 0.590. The van der Waals surface area contributed by atoms with Crippen molar-refractivity contribution in [2.24, 2.45) is 0 Å². The molecular formula is C76H57BN2. The Morgan fingerprint density at radius 3 is 0.911 bits per heavy atom. The first-order valence-electron chi connectivity index (χ1n) is 28.4. The summed E-state index contributed by atoms with van der Waals surface area (Å²) < 4.78 is 0. The van der Waals surface area contributed by atoms with Gasteiger partial charge in [-0.2, -0.15) is 0 Å². The summed E-state index contributed by atoms with van der Waals surface area (Å²) in [6, 6.07) is 91.7. The molecule has 0 saturated carbocycles. The van der Waals surface area contributed by atoms with Gasteiger partial charge >= 0.3 is 0 Å². The van der Waals surface area contributed by atoms with Crippen LogP contribution >= 0.6 is 0 Å². The van der Waals surface area contributed by atoms with E-state index in [9.17, 15) is 0 Å². The number of rotatable bonds is 2. The molecule has 0 saturated heterocycles. The van der Waals surface area contributed by atoms with E-state index in [1.807, 2.05) is 0 Å². The van der Waals surface area contributed by atoms with Gasteiger partial charge in [-0.05, 0) is 176 Å². The normalized spacial score (nSPS) is 15.3. The zero-order chi connectivity index (χ0) is 52.9. The van der Waals surface area contributed by atoms with Crippen LogP contribution in [0, 0.1) is 0 Å². The zero-order valence-electron chi connectivity index (χ0n) is 45.5. The number of benzene rings is 11. The maximum atomic E-state index is 2.62. The summed E-state index contributed by atoms with van der Waals surface area (Å²) in [6.07, 6.45) is 0. The fourth-order valence-electron chi connectivity index (χ4n) is 15.9. The molecule has 0 amide bonds. The predicted octanol–water partition coefficient (Wildman–Crippen LogP) is 17.1. The predicted molar refractivity (Wildman–Crippen MR) is 330 cm³/mol. The molecule has 0 aromatic heterocycles. The van der Waals surface area contributed by atoms with Crippen molar-refractivity contribution in [3.05, 3.63) is 292 Å². The molecule has 0 fully saturated rings. The molecule has 2 nitrogen and oxygen atoms in total. The maximum Gasteiger partial charge on any atom is 0.252 e. The van der Waals surface area contributed by atoms with Gasteiger partial charge in [0, 0.05) is 34.1 Å². The molecule has 4 aliphatic carbocycles. The average Bonchev–Trinajstić information content (AvgIpc) is 3.35. The van der Waals surface area contributed by atoms with E-state index in [0.717, 1.165) is 0 Å². The molecule has 11 aromatic carbocycles. The molecule has 11 aromatic rings. The van der Waals surface area contributed by atoms with Gasteiger partial charge in [0.1, 0.15) is 0 Å². The third kappa shape index (κ3) is 5.63. The Bertz CT molecular complexity index is 4130. The summed E-state index contributed by atoms with van der Waals surface area (Å²) in [6.45, 7) is 14.1. The summed E-state index contributed by atoms with van der Waals surface area (Å²) >= 11 is 0. The molecule has 2 aliphatic heterocycles. The summed E-state index contributed by atoms with van der Waals surface area (Å²) in [5, 5.41) is 0. The molecule has 2 spiro atoms. The molecule has 2 heterocycles. The van der Waals surface area contributed by atoms with Crippen LogP contribution < -0.4 is 26.2 Å². The van der Waals surface area contributed by atoms with Gasteiger partial charge in [0.15, 0.2) is 0 Å². The highest BCUT2D eigenvalue weighted by molar-refractivity contribution is 7.00. The summed E-state index contributed by atoms with van der Waals surface area (Å²) in [5.41, 5.74) is 34.3. The van der Waals surface area contributed by atoms with E-state index < -0.39 is 10.8 Å². The lowest BCUT2D eigenvalue weighted by atomic mass is 9.33. The lowest BCUT2D eigenvalue weighted by Crippen LogP contribution is -2.61. The number of nitrogens with zero attached hydrogens (tertiary/aromatic N) is 2. The molecule has 79 heavy (non-hydrogen) atoms. The molecule has 374 valence electrons. The van der Waals surface area contributed by atoms with Crippen molar-refractivity contribution >= 4 is 57.2 Å². The van der Waals surface area contributed by atoms with Crippen LogP contribution in [0.5, 0.6) is 0 Å². The van der Waals surface area contributed by atoms with E-state index in [1.165, 1.54) is 151 Å². The quantitative estimate of drug-likeness (QED) is 0.159. The van der Waals surface area contributed by atoms with Gasteiger partial charge in [0.05, 0.1) is 10.8 Å². The minimum Gasteiger partial charge on any atom is -0.311 e. The van der Waals surface area contributed by atoms with Crippen molar-refractivity contribution in [3.63, 3.8) is 0 Å². The second-order valence-corrected chi connectivity index (χ2v) is 25.1. The standard InChI is InChI=1S/C76H57BN2/c1-73(2,3)46-34-40-66-70(42-46)78(48-36-38-64-56(44-48)54-24-11-17-30-62(54)75(64)58-26-13-7-20-50(58)51-21-8-14-27-59(51)75)68-32-19-33-69-72(68)77(66)67-41-35-47(74(4,5)6)43-71(67)79(69)49-37-39-65-57(45-49)55-25-12-18-31-63(55)76(65)60-28-15-9-22-52(60)53-23-10-16-29-61(53)76/h7-45H,1-6H3.